The Balaban J connectivity index is 0.00000312. The van der Waals surface area contributed by atoms with Crippen molar-refractivity contribution in [3.8, 4) is 0 Å². The lowest BCUT2D eigenvalue weighted by Crippen LogP contribution is -2.39. The van der Waals surface area contributed by atoms with Crippen LogP contribution in [0, 0.1) is 10.1 Å². The minimum Gasteiger partial charge on any atom is -0.357 e. The number of likely N-dealkylation sites (N-methyl/N-ethyl adjacent to an activating group) is 1. The first kappa shape index (κ1) is 21.4. The van der Waals surface area contributed by atoms with Gasteiger partial charge in [0.25, 0.3) is 5.69 Å². The third-order valence-electron chi connectivity index (χ3n) is 3.53. The van der Waals surface area contributed by atoms with E-state index in [1.54, 1.807) is 23.5 Å². The summed E-state index contributed by atoms with van der Waals surface area (Å²) >= 11 is 1.76. The molecule has 0 fully saturated rings. The van der Waals surface area contributed by atoms with Crippen molar-refractivity contribution in [3.05, 3.63) is 62.3 Å². The van der Waals surface area contributed by atoms with Gasteiger partial charge in [0.15, 0.2) is 5.96 Å². The van der Waals surface area contributed by atoms with E-state index in [0.717, 1.165) is 31.0 Å². The molecule has 0 aliphatic rings. The molecule has 25 heavy (non-hydrogen) atoms. The Morgan fingerprint density at radius 1 is 1.32 bits per heavy atom. The van der Waals surface area contributed by atoms with Gasteiger partial charge in [-0.3, -0.25) is 10.1 Å². The van der Waals surface area contributed by atoms with E-state index in [-0.39, 0.29) is 29.7 Å². The number of halogens is 1. The molecule has 0 amide bonds. The van der Waals surface area contributed by atoms with E-state index in [2.05, 4.69) is 32.7 Å². The summed E-state index contributed by atoms with van der Waals surface area (Å²) in [4.78, 5) is 18.4. The topological polar surface area (TPSA) is 70.8 Å². The van der Waals surface area contributed by atoms with Gasteiger partial charge in [0.2, 0.25) is 0 Å². The first-order valence-electron chi connectivity index (χ1n) is 7.85. The minimum atomic E-state index is -0.393. The van der Waals surface area contributed by atoms with Crippen LogP contribution in [-0.4, -0.2) is 35.9 Å². The molecule has 136 valence electrons. The smallest absolute Gasteiger partial charge is 0.269 e. The summed E-state index contributed by atoms with van der Waals surface area (Å²) in [5.41, 5.74) is 1.05. The maximum Gasteiger partial charge on any atom is 0.269 e. The number of nitrogens with zero attached hydrogens (tertiary/aromatic N) is 3. The Morgan fingerprint density at radius 2 is 2.04 bits per heavy atom. The lowest BCUT2D eigenvalue weighted by molar-refractivity contribution is -0.384. The van der Waals surface area contributed by atoms with Crippen molar-refractivity contribution in [2.45, 2.75) is 19.9 Å². The van der Waals surface area contributed by atoms with Crippen LogP contribution in [0.1, 0.15) is 17.4 Å². The third-order valence-corrected chi connectivity index (χ3v) is 4.46. The fraction of sp³-hybridized carbons (Fsp3) is 0.353. The van der Waals surface area contributed by atoms with Gasteiger partial charge in [-0.1, -0.05) is 18.2 Å². The summed E-state index contributed by atoms with van der Waals surface area (Å²) in [5.74, 6) is 0.840. The molecule has 2 aromatic rings. The number of rotatable bonds is 7. The Kier molecular flexibility index (Phi) is 9.43. The molecule has 0 saturated carbocycles. The summed E-state index contributed by atoms with van der Waals surface area (Å²) in [6.45, 7) is 4.20. The van der Waals surface area contributed by atoms with E-state index in [1.165, 1.54) is 17.0 Å². The zero-order chi connectivity index (χ0) is 17.4. The van der Waals surface area contributed by atoms with Crippen LogP contribution in [0.15, 0.2) is 46.8 Å². The molecule has 0 radical (unpaired) electrons. The number of guanidine groups is 1. The van der Waals surface area contributed by atoms with Crippen LogP contribution in [0.3, 0.4) is 0 Å². The molecule has 1 N–H and O–H groups in total. The second kappa shape index (κ2) is 11.0. The van der Waals surface area contributed by atoms with Crippen LogP contribution in [0.2, 0.25) is 0 Å². The molecule has 8 heteroatoms. The first-order valence-corrected chi connectivity index (χ1v) is 8.73. The molecule has 0 bridgehead atoms. The Labute approximate surface area is 169 Å². The average Bonchev–Trinajstić information content (AvgIpc) is 3.10. The largest absolute Gasteiger partial charge is 0.357 e. The lowest BCUT2D eigenvalue weighted by Gasteiger charge is -2.21. The van der Waals surface area contributed by atoms with Gasteiger partial charge in [-0.2, -0.15) is 0 Å². The molecule has 0 unspecified atom stereocenters. The number of benzene rings is 1. The van der Waals surface area contributed by atoms with Crippen LogP contribution >= 0.6 is 35.3 Å². The quantitative estimate of drug-likeness (QED) is 0.217. The standard InChI is InChI=1S/C17H22N4O2S.HI/c1-3-18-17(20(2)11-10-16-5-4-12-24-16)19-13-14-6-8-15(9-7-14)21(22)23;/h4-9,12H,3,10-11,13H2,1-2H3,(H,18,19);1H. The van der Waals surface area contributed by atoms with Crippen LogP contribution in [0.5, 0.6) is 0 Å². The van der Waals surface area contributed by atoms with E-state index in [4.69, 9.17) is 0 Å². The molecule has 1 aromatic carbocycles. The lowest BCUT2D eigenvalue weighted by atomic mass is 10.2. The van der Waals surface area contributed by atoms with Gasteiger partial charge in [0.05, 0.1) is 11.5 Å². The molecule has 6 nitrogen and oxygen atoms in total. The van der Waals surface area contributed by atoms with Gasteiger partial charge < -0.3 is 10.2 Å². The van der Waals surface area contributed by atoms with Gasteiger partial charge in [-0.25, -0.2) is 4.99 Å². The molecular weight excluding hydrogens is 451 g/mol. The van der Waals surface area contributed by atoms with Gasteiger partial charge in [-0.15, -0.1) is 35.3 Å². The molecule has 0 spiro atoms. The zero-order valence-corrected chi connectivity index (χ0v) is 17.5. The number of aliphatic imine (C=N–C) groups is 1. The second-order valence-corrected chi connectivity index (χ2v) is 6.38. The fourth-order valence-electron chi connectivity index (χ4n) is 2.20. The average molecular weight is 474 g/mol. The maximum atomic E-state index is 10.7. The van der Waals surface area contributed by atoms with Crippen LogP contribution in [0.4, 0.5) is 5.69 Å². The van der Waals surface area contributed by atoms with E-state index >= 15 is 0 Å². The number of nitro groups is 1. The normalized spacial score (nSPS) is 10.9. The van der Waals surface area contributed by atoms with Crippen molar-refractivity contribution >= 4 is 47.0 Å². The monoisotopic (exact) mass is 474 g/mol. The molecule has 0 aliphatic heterocycles. The molecule has 0 saturated heterocycles. The molecule has 1 heterocycles. The van der Waals surface area contributed by atoms with Gasteiger partial charge >= 0.3 is 0 Å². The molecule has 0 aliphatic carbocycles. The highest BCUT2D eigenvalue weighted by Crippen LogP contribution is 2.13. The number of hydrogen-bond acceptors (Lipinski definition) is 4. The summed E-state index contributed by atoms with van der Waals surface area (Å²) < 4.78 is 0. The molecular formula is C17H23IN4O2S. The van der Waals surface area contributed by atoms with Crippen LogP contribution in [0.25, 0.3) is 0 Å². The minimum absolute atomic E-state index is 0. The highest BCUT2D eigenvalue weighted by atomic mass is 127. The second-order valence-electron chi connectivity index (χ2n) is 5.34. The van der Waals surface area contributed by atoms with Crippen molar-refractivity contribution in [2.75, 3.05) is 20.1 Å². The highest BCUT2D eigenvalue weighted by molar-refractivity contribution is 14.0. The molecule has 0 atom stereocenters. The van der Waals surface area contributed by atoms with Gasteiger partial charge in [0, 0.05) is 37.1 Å². The summed E-state index contributed by atoms with van der Waals surface area (Å²) in [7, 11) is 2.02. The summed E-state index contributed by atoms with van der Waals surface area (Å²) in [5, 5.41) is 16.1. The zero-order valence-electron chi connectivity index (χ0n) is 14.3. The van der Waals surface area contributed by atoms with E-state index < -0.39 is 4.92 Å². The number of hydrogen-bond donors (Lipinski definition) is 1. The number of nitro benzene ring substituents is 1. The van der Waals surface area contributed by atoms with Crippen LogP contribution in [-0.2, 0) is 13.0 Å². The van der Waals surface area contributed by atoms with E-state index in [0.29, 0.717) is 6.54 Å². The summed E-state index contributed by atoms with van der Waals surface area (Å²) in [6, 6.07) is 10.7. The number of nitrogens with one attached hydrogen (secondary N) is 1. The predicted molar refractivity (Wildman–Crippen MR) is 114 cm³/mol. The Bertz CT molecular complexity index is 674. The molecule has 1 aromatic heterocycles. The van der Waals surface area contributed by atoms with E-state index in [9.17, 15) is 10.1 Å². The van der Waals surface area contributed by atoms with Crippen molar-refractivity contribution < 1.29 is 4.92 Å². The SMILES string of the molecule is CCNC(=NCc1ccc([N+](=O)[O-])cc1)N(C)CCc1cccs1.I. The molecule has 2 rings (SSSR count). The highest BCUT2D eigenvalue weighted by Gasteiger charge is 2.07. The van der Waals surface area contributed by atoms with Crippen molar-refractivity contribution in [2.24, 2.45) is 4.99 Å². The third kappa shape index (κ3) is 6.99. The van der Waals surface area contributed by atoms with Crippen molar-refractivity contribution in [3.63, 3.8) is 0 Å². The maximum absolute atomic E-state index is 10.7. The first-order chi connectivity index (χ1) is 11.6. The van der Waals surface area contributed by atoms with E-state index in [1.807, 2.05) is 14.0 Å². The van der Waals surface area contributed by atoms with Crippen molar-refractivity contribution in [1.82, 2.24) is 10.2 Å². The number of thiophene rings is 1. The Morgan fingerprint density at radius 3 is 2.60 bits per heavy atom. The fourth-order valence-corrected chi connectivity index (χ4v) is 2.90. The van der Waals surface area contributed by atoms with Crippen molar-refractivity contribution in [1.29, 1.82) is 0 Å². The Hall–Kier alpha value is -1.68. The summed E-state index contributed by atoms with van der Waals surface area (Å²) in [6.07, 6.45) is 0.982. The number of non-ortho nitro benzene ring substituents is 1. The predicted octanol–water partition coefficient (Wildman–Crippen LogP) is 3.91. The van der Waals surface area contributed by atoms with Gasteiger partial charge in [0.1, 0.15) is 0 Å². The van der Waals surface area contributed by atoms with Crippen LogP contribution < -0.4 is 5.32 Å². The van der Waals surface area contributed by atoms with Gasteiger partial charge in [-0.05, 0) is 30.4 Å².